The molecule has 1 aliphatic heterocycles. The van der Waals surface area contributed by atoms with Gasteiger partial charge in [0.25, 0.3) is 0 Å². The van der Waals surface area contributed by atoms with E-state index in [1.807, 2.05) is 43.3 Å². The smallest absolute Gasteiger partial charge is 0.446 e. The van der Waals surface area contributed by atoms with Crippen molar-refractivity contribution in [3.63, 3.8) is 0 Å². The molecule has 5 rings (SSSR count). The minimum atomic E-state index is -4.64. The molecule has 3 aliphatic rings. The van der Waals surface area contributed by atoms with Crippen molar-refractivity contribution in [2.75, 3.05) is 13.3 Å². The van der Waals surface area contributed by atoms with Gasteiger partial charge in [-0.1, -0.05) is 56.2 Å². The third-order valence-electron chi connectivity index (χ3n) is 8.07. The zero-order valence-electron chi connectivity index (χ0n) is 21.1. The molecule has 0 aromatic heterocycles. The van der Waals surface area contributed by atoms with Gasteiger partial charge in [-0.2, -0.15) is 13.2 Å². The molecule has 0 radical (unpaired) electrons. The Morgan fingerprint density at radius 2 is 1.92 bits per heavy atom. The Hall–Kier alpha value is -2.87. The first-order chi connectivity index (χ1) is 17.8. The first-order valence-corrected chi connectivity index (χ1v) is 13.0. The second-order valence-corrected chi connectivity index (χ2v) is 10.1. The van der Waals surface area contributed by atoms with Crippen LogP contribution >= 0.6 is 0 Å². The quantitative estimate of drug-likeness (QED) is 0.296. The van der Waals surface area contributed by atoms with Crippen molar-refractivity contribution in [2.24, 2.45) is 5.92 Å². The number of aldehydes is 1. The standard InChI is InChI=1S/C27H33NO3.C2HF3O/c1-2-22(19-8-4-3-5-9-19)26(29)31-18-30-21-12-11-20-16-25-23-10-6-7-13-27(23,14-15-28-25)24(20)17-21;3-2(4,5)1-6/h3-5,8-9,11-12,17,22-23,25,28H,2,6-7,10,13-16,18H2,1H3;1H/t22?,23-,25+,27+;/m1./s1. The van der Waals surface area contributed by atoms with Gasteiger partial charge in [-0.25, -0.2) is 0 Å². The monoisotopic (exact) mass is 517 g/mol. The zero-order chi connectivity index (χ0) is 26.5. The van der Waals surface area contributed by atoms with E-state index in [-0.39, 0.29) is 18.7 Å². The van der Waals surface area contributed by atoms with E-state index in [0.29, 0.717) is 17.9 Å². The van der Waals surface area contributed by atoms with Gasteiger partial charge in [0, 0.05) is 11.5 Å². The predicted molar refractivity (Wildman–Crippen MR) is 133 cm³/mol. The van der Waals surface area contributed by atoms with Gasteiger partial charge in [-0.15, -0.1) is 0 Å². The van der Waals surface area contributed by atoms with E-state index in [4.69, 9.17) is 14.3 Å². The molecule has 2 bridgehead atoms. The lowest BCUT2D eigenvalue weighted by molar-refractivity contribution is -0.156. The number of nitrogens with one attached hydrogen (secondary N) is 1. The molecule has 2 aliphatic carbocycles. The Balaban J connectivity index is 0.000000480. The third kappa shape index (κ3) is 6.17. The normalized spacial score (nSPS) is 24.9. The second-order valence-electron chi connectivity index (χ2n) is 10.1. The minimum Gasteiger partial charge on any atom is -0.457 e. The molecule has 2 fully saturated rings. The van der Waals surface area contributed by atoms with Crippen LogP contribution in [0, 0.1) is 5.92 Å². The number of hydrogen-bond donors (Lipinski definition) is 1. The van der Waals surface area contributed by atoms with Crippen LogP contribution in [0.4, 0.5) is 13.2 Å². The molecule has 5 nitrogen and oxygen atoms in total. The van der Waals surface area contributed by atoms with E-state index < -0.39 is 12.5 Å². The highest BCUT2D eigenvalue weighted by Crippen LogP contribution is 2.54. The van der Waals surface area contributed by atoms with Crippen LogP contribution in [0.1, 0.15) is 68.1 Å². The number of ether oxygens (including phenoxy) is 2. The van der Waals surface area contributed by atoms with E-state index in [9.17, 15) is 18.0 Å². The lowest BCUT2D eigenvalue weighted by atomic mass is 9.53. The first-order valence-electron chi connectivity index (χ1n) is 13.0. The Morgan fingerprint density at radius 3 is 2.62 bits per heavy atom. The molecule has 37 heavy (non-hydrogen) atoms. The number of carbonyl (C=O) groups is 2. The highest BCUT2D eigenvalue weighted by Gasteiger charge is 2.51. The molecular weight excluding hydrogens is 483 g/mol. The van der Waals surface area contributed by atoms with Crippen LogP contribution in [0.25, 0.3) is 0 Å². The number of hydrogen-bond acceptors (Lipinski definition) is 5. The number of benzene rings is 2. The van der Waals surface area contributed by atoms with E-state index in [1.165, 1.54) is 43.2 Å². The van der Waals surface area contributed by atoms with Crippen molar-refractivity contribution in [1.82, 2.24) is 5.32 Å². The molecule has 1 saturated carbocycles. The summed E-state index contributed by atoms with van der Waals surface area (Å²) in [5, 5.41) is 3.79. The van der Waals surface area contributed by atoms with Crippen LogP contribution in [-0.4, -0.2) is 37.8 Å². The van der Waals surface area contributed by atoms with E-state index in [1.54, 1.807) is 0 Å². The van der Waals surface area contributed by atoms with Crippen molar-refractivity contribution < 1.29 is 32.2 Å². The molecule has 2 aromatic rings. The van der Waals surface area contributed by atoms with Crippen LogP contribution in [0.5, 0.6) is 5.75 Å². The Bertz CT molecular complexity index is 1070. The van der Waals surface area contributed by atoms with Gasteiger partial charge < -0.3 is 14.8 Å². The number of fused-ring (bicyclic) bond motifs is 1. The first kappa shape index (κ1) is 27.2. The topological polar surface area (TPSA) is 64.6 Å². The van der Waals surface area contributed by atoms with E-state index in [0.717, 1.165) is 30.2 Å². The van der Waals surface area contributed by atoms with Crippen molar-refractivity contribution in [1.29, 1.82) is 0 Å². The van der Waals surface area contributed by atoms with Crippen LogP contribution in [0.3, 0.4) is 0 Å². The SMILES string of the molecule is CCC(C(=O)OCOc1ccc2c(c1)[C@]13CCCC[C@@H]1[C@H](C2)NCC3)c1ccccc1.O=CC(F)(F)F. The summed E-state index contributed by atoms with van der Waals surface area (Å²) in [4.78, 5) is 21.3. The molecule has 8 heteroatoms. The number of alkyl halides is 3. The number of rotatable bonds is 6. The Kier molecular flexibility index (Phi) is 8.57. The molecule has 0 spiro atoms. The molecule has 1 saturated heterocycles. The number of piperidine rings is 1. The van der Waals surface area contributed by atoms with Crippen molar-refractivity contribution in [3.05, 3.63) is 65.2 Å². The van der Waals surface area contributed by atoms with E-state index >= 15 is 0 Å². The maximum atomic E-state index is 12.6. The average Bonchev–Trinajstić information content (AvgIpc) is 2.90. The maximum absolute atomic E-state index is 12.6. The van der Waals surface area contributed by atoms with Gasteiger partial charge in [0.15, 0.2) is 0 Å². The summed E-state index contributed by atoms with van der Waals surface area (Å²) in [6.07, 6.45) is 2.64. The maximum Gasteiger partial charge on any atom is 0.446 e. The summed E-state index contributed by atoms with van der Waals surface area (Å²) in [7, 11) is 0. The zero-order valence-corrected chi connectivity index (χ0v) is 21.1. The number of carbonyl (C=O) groups excluding carboxylic acids is 2. The molecular formula is C29H34F3NO4. The molecule has 1 N–H and O–H groups in total. The van der Waals surface area contributed by atoms with Crippen molar-refractivity contribution >= 4 is 12.3 Å². The Morgan fingerprint density at radius 1 is 1.16 bits per heavy atom. The fourth-order valence-corrected chi connectivity index (χ4v) is 6.47. The molecule has 2 aromatic carbocycles. The van der Waals surface area contributed by atoms with Gasteiger partial charge in [-0.3, -0.25) is 9.59 Å². The highest BCUT2D eigenvalue weighted by molar-refractivity contribution is 5.78. The van der Waals surface area contributed by atoms with Crippen molar-refractivity contribution in [3.8, 4) is 5.75 Å². The molecule has 1 heterocycles. The molecule has 1 unspecified atom stereocenters. The molecule has 0 amide bonds. The van der Waals surface area contributed by atoms with Gasteiger partial charge >= 0.3 is 12.1 Å². The third-order valence-corrected chi connectivity index (χ3v) is 8.07. The Labute approximate surface area is 215 Å². The van der Waals surface area contributed by atoms with Crippen LogP contribution in [-0.2, 0) is 26.2 Å². The summed E-state index contributed by atoms with van der Waals surface area (Å²) in [6.45, 7) is 3.08. The van der Waals surface area contributed by atoms with Gasteiger partial charge in [0.05, 0.1) is 5.92 Å². The summed E-state index contributed by atoms with van der Waals surface area (Å²) in [5.74, 6) is 1.09. The average molecular weight is 518 g/mol. The van der Waals surface area contributed by atoms with Crippen molar-refractivity contribution in [2.45, 2.75) is 75.4 Å². The largest absolute Gasteiger partial charge is 0.457 e. The molecule has 4 atom stereocenters. The number of halogens is 3. The fraction of sp³-hybridized carbons (Fsp3) is 0.517. The lowest BCUT2D eigenvalue weighted by Crippen LogP contribution is -2.59. The van der Waals surface area contributed by atoms with Crippen LogP contribution < -0.4 is 10.1 Å². The predicted octanol–water partition coefficient (Wildman–Crippen LogP) is 5.85. The molecule has 200 valence electrons. The summed E-state index contributed by atoms with van der Waals surface area (Å²) < 4.78 is 42.7. The minimum absolute atomic E-state index is 0.0401. The van der Waals surface area contributed by atoms with Gasteiger partial charge in [0.1, 0.15) is 5.75 Å². The lowest BCUT2D eigenvalue weighted by Gasteiger charge is -2.56. The van der Waals surface area contributed by atoms with Crippen LogP contribution in [0.15, 0.2) is 48.5 Å². The summed E-state index contributed by atoms with van der Waals surface area (Å²) in [6, 6.07) is 17.0. The van der Waals surface area contributed by atoms with E-state index in [2.05, 4.69) is 17.4 Å². The highest BCUT2D eigenvalue weighted by atomic mass is 19.4. The van der Waals surface area contributed by atoms with Gasteiger partial charge in [-0.05, 0) is 73.4 Å². The second kappa shape index (κ2) is 11.7. The van der Waals surface area contributed by atoms with Crippen LogP contribution in [0.2, 0.25) is 0 Å². The fourth-order valence-electron chi connectivity index (χ4n) is 6.47. The summed E-state index contributed by atoms with van der Waals surface area (Å²) >= 11 is 0. The summed E-state index contributed by atoms with van der Waals surface area (Å²) in [5.41, 5.74) is 4.26. The van der Waals surface area contributed by atoms with Gasteiger partial charge in [0.2, 0.25) is 13.1 Å². The number of esters is 1.